The average Bonchev–Trinajstić information content (AvgIpc) is 2.76. The third-order valence-corrected chi connectivity index (χ3v) is 6.50. The molecule has 1 aliphatic heterocycles. The number of aromatic nitrogens is 1. The predicted molar refractivity (Wildman–Crippen MR) is 133 cm³/mol. The number of anilines is 1. The molecule has 1 saturated heterocycles. The molecule has 0 bridgehead atoms. The molecule has 6 heteroatoms. The first-order valence-electron chi connectivity index (χ1n) is 11.2. The number of rotatable bonds is 4. The third-order valence-electron chi connectivity index (χ3n) is 6.50. The number of benzene rings is 1. The fraction of sp³-hybridized carbons (Fsp3) is 0.520. The largest absolute Gasteiger partial charge is 0.365 e. The van der Waals surface area contributed by atoms with E-state index >= 15 is 0 Å². The number of aryl methyl sites for hydroxylation is 1. The molecular formula is C25H41N5O. The van der Waals surface area contributed by atoms with E-state index in [1.54, 1.807) is 0 Å². The Labute approximate surface area is 188 Å². The average molecular weight is 428 g/mol. The second-order valence-corrected chi connectivity index (χ2v) is 8.80. The summed E-state index contributed by atoms with van der Waals surface area (Å²) in [5, 5.41) is 4.86. The van der Waals surface area contributed by atoms with Gasteiger partial charge in [0.25, 0.3) is 5.91 Å². The molecule has 0 atom stereocenters. The number of hydrogen-bond acceptors (Lipinski definition) is 5. The highest BCUT2D eigenvalue weighted by atomic mass is 16.1. The molecule has 1 aromatic carbocycles. The number of amides is 1. The van der Waals surface area contributed by atoms with Crippen molar-refractivity contribution in [3.8, 4) is 0 Å². The first-order chi connectivity index (χ1) is 14.5. The summed E-state index contributed by atoms with van der Waals surface area (Å²) in [6.07, 6.45) is 7.46. The molecule has 2 aromatic rings. The number of primary amides is 1. The number of pyridine rings is 1. The van der Waals surface area contributed by atoms with E-state index in [0.717, 1.165) is 54.1 Å². The summed E-state index contributed by atoms with van der Waals surface area (Å²) in [5.41, 5.74) is 8.30. The van der Waals surface area contributed by atoms with Crippen molar-refractivity contribution in [2.24, 2.45) is 11.7 Å². The third kappa shape index (κ3) is 6.05. The van der Waals surface area contributed by atoms with E-state index in [0.29, 0.717) is 17.6 Å². The number of nitrogens with two attached hydrogens (primary N) is 1. The number of carbonyl (C=O) groups excluding carboxylic acids is 1. The smallest absolute Gasteiger partial charge is 0.252 e. The Balaban J connectivity index is 0.00000125. The molecule has 6 nitrogen and oxygen atoms in total. The lowest BCUT2D eigenvalue weighted by molar-refractivity contribution is 0.100. The number of nitrogens with zero attached hydrogens (tertiary/aromatic N) is 2. The van der Waals surface area contributed by atoms with Crippen LogP contribution in [0.2, 0.25) is 0 Å². The van der Waals surface area contributed by atoms with Gasteiger partial charge < -0.3 is 22.1 Å². The Hall–Kier alpha value is -2.44. The molecule has 172 valence electrons. The molecule has 1 aliphatic carbocycles. The minimum absolute atomic E-state index is 0. The van der Waals surface area contributed by atoms with E-state index in [9.17, 15) is 4.79 Å². The van der Waals surface area contributed by atoms with Gasteiger partial charge in [-0.1, -0.05) is 18.6 Å². The first kappa shape index (κ1) is 24.8. The molecule has 4 rings (SSSR count). The fourth-order valence-corrected chi connectivity index (χ4v) is 4.73. The second kappa shape index (κ2) is 11.3. The van der Waals surface area contributed by atoms with Crippen LogP contribution in [0.5, 0.6) is 0 Å². The Morgan fingerprint density at radius 2 is 1.71 bits per heavy atom. The molecular weight excluding hydrogens is 386 g/mol. The number of nitrogens with one attached hydrogen (secondary N) is 1. The van der Waals surface area contributed by atoms with Crippen LogP contribution >= 0.6 is 0 Å². The molecule has 2 fully saturated rings. The van der Waals surface area contributed by atoms with Gasteiger partial charge in [-0.05, 0) is 69.6 Å². The van der Waals surface area contributed by atoms with Crippen molar-refractivity contribution in [3.05, 3.63) is 48.6 Å². The first-order valence-corrected chi connectivity index (χ1v) is 11.2. The normalized spacial score (nSPS) is 21.7. The number of piperidine rings is 1. The summed E-state index contributed by atoms with van der Waals surface area (Å²) in [5.74, 6) is 1.23. The molecule has 0 spiro atoms. The highest BCUT2D eigenvalue weighted by Gasteiger charge is 2.26. The SMILES string of the molecule is C=C.Cc1ccc2nc(N3CCC(NC4CCC(C)CC4)CC3)c(C(N)=O)cc2c1.N.[HH]. The Kier molecular flexibility index (Phi) is 9.01. The molecule has 6 N–H and O–H groups in total. The molecule has 1 saturated carbocycles. The maximum Gasteiger partial charge on any atom is 0.252 e. The van der Waals surface area contributed by atoms with Crippen LogP contribution in [0.25, 0.3) is 10.9 Å². The van der Waals surface area contributed by atoms with Crippen molar-refractivity contribution in [1.82, 2.24) is 16.5 Å². The molecule has 31 heavy (non-hydrogen) atoms. The molecule has 2 aliphatic rings. The van der Waals surface area contributed by atoms with E-state index in [2.05, 4.69) is 42.4 Å². The highest BCUT2D eigenvalue weighted by Crippen LogP contribution is 2.28. The van der Waals surface area contributed by atoms with Crippen LogP contribution in [-0.2, 0) is 0 Å². The summed E-state index contributed by atoms with van der Waals surface area (Å²) in [6, 6.07) is 9.28. The minimum Gasteiger partial charge on any atom is -0.365 e. The molecule has 0 unspecified atom stereocenters. The standard InChI is InChI=1S/C23H32N4O.C2H4.H3N.H2/c1-15-3-6-18(7-4-15)25-19-9-11-27(12-10-19)23-20(22(24)28)14-17-13-16(2)5-8-21(17)26-23;1-2;;/h5,8,13-15,18-19,25H,3-4,6-7,9-12H2,1-2H3,(H2,24,28);1-2H2;1H3;1H. The quantitative estimate of drug-likeness (QED) is 0.596. The van der Waals surface area contributed by atoms with Crippen molar-refractivity contribution >= 4 is 22.6 Å². The predicted octanol–water partition coefficient (Wildman–Crippen LogP) is 4.99. The summed E-state index contributed by atoms with van der Waals surface area (Å²) in [6.45, 7) is 12.2. The van der Waals surface area contributed by atoms with Gasteiger partial charge >= 0.3 is 0 Å². The van der Waals surface area contributed by atoms with E-state index in [1.807, 2.05) is 19.1 Å². The van der Waals surface area contributed by atoms with Gasteiger partial charge in [-0.3, -0.25) is 4.79 Å². The monoisotopic (exact) mass is 427 g/mol. The Morgan fingerprint density at radius 1 is 1.10 bits per heavy atom. The summed E-state index contributed by atoms with van der Waals surface area (Å²) in [7, 11) is 0. The van der Waals surface area contributed by atoms with Gasteiger partial charge in [0.15, 0.2) is 0 Å². The molecule has 1 amide bonds. The molecule has 1 aromatic heterocycles. The second-order valence-electron chi connectivity index (χ2n) is 8.80. The zero-order valence-corrected chi connectivity index (χ0v) is 19.2. The van der Waals surface area contributed by atoms with Gasteiger partial charge in [0.2, 0.25) is 0 Å². The molecule has 0 radical (unpaired) electrons. The fourth-order valence-electron chi connectivity index (χ4n) is 4.73. The molecule has 2 heterocycles. The maximum absolute atomic E-state index is 12.1. The van der Waals surface area contributed by atoms with Crippen molar-refractivity contribution in [1.29, 1.82) is 0 Å². The van der Waals surface area contributed by atoms with Gasteiger partial charge in [-0.25, -0.2) is 4.98 Å². The van der Waals surface area contributed by atoms with E-state index < -0.39 is 5.91 Å². The van der Waals surface area contributed by atoms with Gasteiger partial charge in [-0.15, -0.1) is 13.2 Å². The highest BCUT2D eigenvalue weighted by molar-refractivity contribution is 6.01. The van der Waals surface area contributed by atoms with E-state index in [-0.39, 0.29) is 7.58 Å². The van der Waals surface area contributed by atoms with Crippen LogP contribution < -0.4 is 22.1 Å². The lowest BCUT2D eigenvalue weighted by atomic mass is 9.86. The van der Waals surface area contributed by atoms with Crippen LogP contribution in [-0.4, -0.2) is 36.1 Å². The zero-order valence-electron chi connectivity index (χ0n) is 19.2. The van der Waals surface area contributed by atoms with Crippen molar-refractivity contribution in [2.75, 3.05) is 18.0 Å². The van der Waals surface area contributed by atoms with Gasteiger partial charge in [-0.2, -0.15) is 0 Å². The maximum atomic E-state index is 12.1. The van der Waals surface area contributed by atoms with Crippen LogP contribution in [0, 0.1) is 12.8 Å². The van der Waals surface area contributed by atoms with Crippen molar-refractivity contribution in [2.45, 2.75) is 64.5 Å². The van der Waals surface area contributed by atoms with E-state index in [4.69, 9.17) is 10.7 Å². The van der Waals surface area contributed by atoms with Gasteiger partial charge in [0.05, 0.1) is 11.1 Å². The topological polar surface area (TPSA) is 106 Å². The lowest BCUT2D eigenvalue weighted by Crippen LogP contribution is -2.47. The van der Waals surface area contributed by atoms with E-state index in [1.165, 1.54) is 25.7 Å². The Morgan fingerprint density at radius 3 is 2.32 bits per heavy atom. The summed E-state index contributed by atoms with van der Waals surface area (Å²) < 4.78 is 0. The van der Waals surface area contributed by atoms with Crippen molar-refractivity contribution in [3.63, 3.8) is 0 Å². The number of hydrogen-bond donors (Lipinski definition) is 3. The zero-order chi connectivity index (χ0) is 21.7. The van der Waals surface area contributed by atoms with Crippen LogP contribution in [0.1, 0.15) is 62.8 Å². The minimum atomic E-state index is -0.400. The van der Waals surface area contributed by atoms with Crippen LogP contribution in [0.15, 0.2) is 37.4 Å². The number of carbonyl (C=O) groups is 1. The summed E-state index contributed by atoms with van der Waals surface area (Å²) >= 11 is 0. The van der Waals surface area contributed by atoms with Crippen molar-refractivity contribution < 1.29 is 6.22 Å². The van der Waals surface area contributed by atoms with Gasteiger partial charge in [0, 0.05) is 32.0 Å². The van der Waals surface area contributed by atoms with Crippen LogP contribution in [0.3, 0.4) is 0 Å². The van der Waals surface area contributed by atoms with Crippen LogP contribution in [0.4, 0.5) is 5.82 Å². The van der Waals surface area contributed by atoms with Gasteiger partial charge in [0.1, 0.15) is 5.82 Å². The number of fused-ring (bicyclic) bond motifs is 1. The lowest BCUT2D eigenvalue weighted by Gasteiger charge is -2.37. The Bertz CT molecular complexity index is 874. The summed E-state index contributed by atoms with van der Waals surface area (Å²) in [4.78, 5) is 19.1.